The number of methoxy groups -OCH3 is 1. The maximum Gasteiger partial charge on any atom is 0.264 e. The van der Waals surface area contributed by atoms with E-state index in [1.165, 1.54) is 12.1 Å². The quantitative estimate of drug-likeness (QED) is 0.393. The van der Waals surface area contributed by atoms with E-state index >= 15 is 0 Å². The molecule has 43 heavy (non-hydrogen) atoms. The van der Waals surface area contributed by atoms with Crippen LogP contribution in [-0.2, 0) is 14.4 Å². The highest BCUT2D eigenvalue weighted by molar-refractivity contribution is 6.26. The van der Waals surface area contributed by atoms with Crippen LogP contribution in [0.15, 0.2) is 106 Å². The lowest BCUT2D eigenvalue weighted by molar-refractivity contribution is -0.136. The molecule has 0 N–H and O–H groups in total. The zero-order valence-electron chi connectivity index (χ0n) is 23.6. The second-order valence-electron chi connectivity index (χ2n) is 11.0. The molecule has 10 heteroatoms. The predicted molar refractivity (Wildman–Crippen MR) is 160 cm³/mol. The van der Waals surface area contributed by atoms with Crippen LogP contribution < -0.4 is 9.64 Å². The Kier molecular flexibility index (Phi) is 6.81. The Morgan fingerprint density at radius 3 is 2.42 bits per heavy atom. The van der Waals surface area contributed by atoms with Gasteiger partial charge in [-0.1, -0.05) is 78.0 Å². The predicted octanol–water partition coefficient (Wildman–Crippen LogP) is 4.81. The summed E-state index contributed by atoms with van der Waals surface area (Å²) in [6.45, 7) is -0.242. The lowest BCUT2D eigenvalue weighted by Gasteiger charge is -2.30. The van der Waals surface area contributed by atoms with Crippen LogP contribution in [-0.4, -0.2) is 59.2 Å². The third-order valence-electron chi connectivity index (χ3n) is 8.52. The van der Waals surface area contributed by atoms with Crippen molar-refractivity contribution >= 4 is 35.2 Å². The molecule has 0 aromatic heterocycles. The minimum Gasteiger partial charge on any atom is -0.495 e. The number of para-hydroxylation sites is 2. The summed E-state index contributed by atoms with van der Waals surface area (Å²) >= 11 is 0. The van der Waals surface area contributed by atoms with E-state index in [1.807, 2.05) is 48.5 Å². The highest BCUT2D eigenvalue weighted by Gasteiger charge is 2.56. The number of carbonyl (C=O) groups excluding carboxylic acids is 3. The Morgan fingerprint density at radius 1 is 0.930 bits per heavy atom. The van der Waals surface area contributed by atoms with Gasteiger partial charge in [-0.2, -0.15) is 10.2 Å². The van der Waals surface area contributed by atoms with Crippen LogP contribution in [0.5, 0.6) is 5.75 Å². The minimum absolute atomic E-state index is 0.0405. The van der Waals surface area contributed by atoms with Crippen molar-refractivity contribution in [3.63, 3.8) is 0 Å². The molecule has 4 unspecified atom stereocenters. The number of carbonyl (C=O) groups is 3. The fourth-order valence-electron chi connectivity index (χ4n) is 6.56. The summed E-state index contributed by atoms with van der Waals surface area (Å²) in [7, 11) is 1.48. The Hall–Kier alpha value is -5.12. The number of rotatable bonds is 6. The van der Waals surface area contributed by atoms with E-state index in [0.29, 0.717) is 11.4 Å². The van der Waals surface area contributed by atoms with E-state index in [-0.39, 0.29) is 24.4 Å². The molecule has 2 fully saturated rings. The number of anilines is 1. The molecule has 3 amide bonds. The van der Waals surface area contributed by atoms with Gasteiger partial charge in [0, 0.05) is 5.92 Å². The van der Waals surface area contributed by atoms with E-state index in [9.17, 15) is 14.4 Å². The first kappa shape index (κ1) is 26.8. The van der Waals surface area contributed by atoms with E-state index in [4.69, 9.17) is 9.84 Å². The third kappa shape index (κ3) is 4.59. The van der Waals surface area contributed by atoms with Gasteiger partial charge < -0.3 is 4.74 Å². The molecule has 1 aliphatic carbocycles. The number of hydrogen-bond acceptors (Lipinski definition) is 8. The van der Waals surface area contributed by atoms with Crippen molar-refractivity contribution in [2.75, 3.05) is 18.6 Å². The first-order chi connectivity index (χ1) is 21.0. The topological polar surface area (TPSA) is 107 Å². The highest BCUT2D eigenvalue weighted by Crippen LogP contribution is 2.45. The highest BCUT2D eigenvalue weighted by atomic mass is 16.5. The summed E-state index contributed by atoms with van der Waals surface area (Å²) in [6.07, 6.45) is 4.94. The Bertz CT molecular complexity index is 1670. The van der Waals surface area contributed by atoms with Gasteiger partial charge in [0.1, 0.15) is 12.3 Å². The van der Waals surface area contributed by atoms with Crippen molar-refractivity contribution < 1.29 is 19.1 Å². The number of ether oxygens (including phenoxy) is 1. The first-order valence-corrected chi connectivity index (χ1v) is 14.4. The normalized spacial score (nSPS) is 25.3. The molecule has 0 spiro atoms. The van der Waals surface area contributed by atoms with Crippen LogP contribution in [0.4, 0.5) is 5.69 Å². The van der Waals surface area contributed by atoms with E-state index in [2.05, 4.69) is 28.5 Å². The average molecular weight is 575 g/mol. The summed E-state index contributed by atoms with van der Waals surface area (Å²) in [5.74, 6) is -0.872. The van der Waals surface area contributed by atoms with Crippen LogP contribution in [0, 0.1) is 5.92 Å². The summed E-state index contributed by atoms with van der Waals surface area (Å²) in [5, 5.41) is 16.1. The molecule has 1 saturated carbocycles. The Labute approximate surface area is 248 Å². The number of allylic oxidation sites excluding steroid dienone is 1. The number of benzene rings is 3. The van der Waals surface area contributed by atoms with Crippen molar-refractivity contribution in [2.45, 2.75) is 37.4 Å². The van der Waals surface area contributed by atoms with Crippen LogP contribution in [0.2, 0.25) is 0 Å². The number of hydrogen-bond donors (Lipinski definition) is 0. The summed E-state index contributed by atoms with van der Waals surface area (Å²) < 4.78 is 5.39. The second kappa shape index (κ2) is 10.9. The van der Waals surface area contributed by atoms with Gasteiger partial charge in [-0.25, -0.2) is 9.91 Å². The molecule has 7 rings (SSSR count). The molecule has 3 aliphatic heterocycles. The zero-order chi connectivity index (χ0) is 29.5. The molecule has 0 radical (unpaired) electrons. The summed E-state index contributed by atoms with van der Waals surface area (Å²) in [6, 6.07) is 24.6. The van der Waals surface area contributed by atoms with Gasteiger partial charge in [0.2, 0.25) is 0 Å². The van der Waals surface area contributed by atoms with Crippen LogP contribution >= 0.6 is 0 Å². The molecular weight excluding hydrogens is 544 g/mol. The van der Waals surface area contributed by atoms with Gasteiger partial charge in [-0.15, -0.1) is 0 Å². The summed E-state index contributed by atoms with van der Waals surface area (Å²) in [5.41, 5.74) is 4.48. The molecule has 10 nitrogen and oxygen atoms in total. The number of amides is 3. The standard InChI is InChI=1S/C33H30N6O4/c1-43-26-18-9-8-17-25(26)38-32(41)29-31(33(38)42)37(36-34-29)20-27(40)39-30(22-13-6-3-7-14-22)24-16-10-15-23(28(24)35-39)19-21-11-4-2-5-12-21/h2-9,11-14,17-19,24,29-31H,10,15-16,20H2,1H3. The molecule has 3 aromatic rings. The fourth-order valence-corrected chi connectivity index (χ4v) is 6.56. The van der Waals surface area contributed by atoms with Gasteiger partial charge in [0.05, 0.1) is 24.6 Å². The molecular formula is C33H30N6O4. The lowest BCUT2D eigenvalue weighted by atomic mass is 9.77. The van der Waals surface area contributed by atoms with Gasteiger partial charge in [-0.05, 0) is 54.2 Å². The number of imide groups is 1. The Morgan fingerprint density at radius 2 is 1.65 bits per heavy atom. The molecule has 0 bridgehead atoms. The first-order valence-electron chi connectivity index (χ1n) is 14.4. The molecule has 3 aromatic carbocycles. The molecule has 4 aliphatic rings. The average Bonchev–Trinajstić information content (AvgIpc) is 3.71. The van der Waals surface area contributed by atoms with Crippen molar-refractivity contribution in [3.05, 3.63) is 102 Å². The van der Waals surface area contributed by atoms with Crippen LogP contribution in [0.3, 0.4) is 0 Å². The monoisotopic (exact) mass is 574 g/mol. The van der Waals surface area contributed by atoms with E-state index in [1.54, 1.807) is 29.3 Å². The van der Waals surface area contributed by atoms with Crippen molar-refractivity contribution in [2.24, 2.45) is 21.4 Å². The third-order valence-corrected chi connectivity index (χ3v) is 8.52. The lowest BCUT2D eigenvalue weighted by Crippen LogP contribution is -2.45. The number of fused-ring (bicyclic) bond motifs is 2. The fraction of sp³-hybridized carbons (Fsp3) is 0.273. The van der Waals surface area contributed by atoms with Crippen molar-refractivity contribution in [1.82, 2.24) is 10.0 Å². The van der Waals surface area contributed by atoms with E-state index < -0.39 is 23.9 Å². The number of nitrogens with zero attached hydrogens (tertiary/aromatic N) is 6. The maximum atomic E-state index is 14.0. The minimum atomic E-state index is -1.02. The molecule has 216 valence electrons. The largest absolute Gasteiger partial charge is 0.495 e. The van der Waals surface area contributed by atoms with Crippen LogP contribution in [0.25, 0.3) is 6.08 Å². The van der Waals surface area contributed by atoms with Gasteiger partial charge in [0.25, 0.3) is 17.7 Å². The molecule has 3 heterocycles. The maximum absolute atomic E-state index is 14.0. The van der Waals surface area contributed by atoms with Crippen molar-refractivity contribution in [3.8, 4) is 5.75 Å². The van der Waals surface area contributed by atoms with Gasteiger partial charge in [0.15, 0.2) is 12.1 Å². The van der Waals surface area contributed by atoms with Crippen molar-refractivity contribution in [1.29, 1.82) is 0 Å². The molecule has 4 atom stereocenters. The van der Waals surface area contributed by atoms with Gasteiger partial charge in [-0.3, -0.25) is 19.4 Å². The molecule has 1 saturated heterocycles. The second-order valence-corrected chi connectivity index (χ2v) is 11.0. The van der Waals surface area contributed by atoms with E-state index in [0.717, 1.165) is 46.6 Å². The van der Waals surface area contributed by atoms with Crippen LogP contribution in [0.1, 0.15) is 36.4 Å². The SMILES string of the molecule is COc1ccccc1N1C(=O)C2N=NN(CC(=O)N3N=C4C(=Cc5ccccc5)CCCC4C3c3ccccc3)C2C1=O. The zero-order valence-corrected chi connectivity index (χ0v) is 23.6. The summed E-state index contributed by atoms with van der Waals surface area (Å²) in [4.78, 5) is 42.0. The number of hydrazone groups is 1. The Balaban J connectivity index is 1.18. The van der Waals surface area contributed by atoms with Gasteiger partial charge >= 0.3 is 0 Å². The smallest absolute Gasteiger partial charge is 0.264 e.